The van der Waals surface area contributed by atoms with Gasteiger partial charge in [0.2, 0.25) is 0 Å². The van der Waals surface area contributed by atoms with Gasteiger partial charge in [0, 0.05) is 18.1 Å². The van der Waals surface area contributed by atoms with Crippen molar-refractivity contribution in [3.8, 4) is 0 Å². The van der Waals surface area contributed by atoms with E-state index in [-0.39, 0.29) is 11.6 Å². The SMILES string of the molecule is CC(NCC(C)(C)N(C)C)c1cccc(C(F)(F)F)c1. The predicted octanol–water partition coefficient (Wildman–Crippen LogP) is 3.70. The van der Waals surface area contributed by atoms with Gasteiger partial charge in [0.15, 0.2) is 0 Å². The molecular weight excluding hydrogens is 265 g/mol. The molecule has 2 nitrogen and oxygen atoms in total. The Morgan fingerprint density at radius 1 is 1.20 bits per heavy atom. The highest BCUT2D eigenvalue weighted by molar-refractivity contribution is 5.27. The zero-order valence-electron chi connectivity index (χ0n) is 12.7. The van der Waals surface area contributed by atoms with Gasteiger partial charge in [0.05, 0.1) is 5.56 Å². The van der Waals surface area contributed by atoms with E-state index in [2.05, 4.69) is 24.1 Å². The van der Waals surface area contributed by atoms with Crippen LogP contribution < -0.4 is 5.32 Å². The number of hydrogen-bond donors (Lipinski definition) is 1. The van der Waals surface area contributed by atoms with Crippen molar-refractivity contribution in [2.45, 2.75) is 38.5 Å². The van der Waals surface area contributed by atoms with Crippen LogP contribution in [0.1, 0.15) is 37.9 Å². The molecule has 0 aliphatic heterocycles. The first kappa shape index (κ1) is 17.0. The predicted molar refractivity (Wildman–Crippen MR) is 75.6 cm³/mol. The Bertz CT molecular complexity index is 439. The van der Waals surface area contributed by atoms with Crippen molar-refractivity contribution in [3.63, 3.8) is 0 Å². The molecule has 1 aromatic rings. The summed E-state index contributed by atoms with van der Waals surface area (Å²) in [4.78, 5) is 2.08. The Balaban J connectivity index is 2.76. The Labute approximate surface area is 119 Å². The van der Waals surface area contributed by atoms with Gasteiger partial charge in [0.1, 0.15) is 0 Å². The van der Waals surface area contributed by atoms with Gasteiger partial charge < -0.3 is 10.2 Å². The van der Waals surface area contributed by atoms with Crippen molar-refractivity contribution in [2.75, 3.05) is 20.6 Å². The van der Waals surface area contributed by atoms with Crippen LogP contribution in [0.15, 0.2) is 24.3 Å². The second kappa shape index (κ2) is 6.14. The zero-order chi connectivity index (χ0) is 15.6. The van der Waals surface area contributed by atoms with E-state index >= 15 is 0 Å². The molecular formula is C15H23F3N2. The first-order valence-electron chi connectivity index (χ1n) is 6.62. The Morgan fingerprint density at radius 3 is 2.30 bits per heavy atom. The fourth-order valence-corrected chi connectivity index (χ4v) is 1.66. The van der Waals surface area contributed by atoms with E-state index in [0.717, 1.165) is 6.07 Å². The molecule has 0 heterocycles. The standard InChI is InChI=1S/C15H23F3N2/c1-11(19-10-14(2,3)20(4)5)12-7-6-8-13(9-12)15(16,17)18/h6-9,11,19H,10H2,1-5H3. The fraction of sp³-hybridized carbons (Fsp3) is 0.600. The van der Waals surface area contributed by atoms with E-state index in [9.17, 15) is 13.2 Å². The van der Waals surface area contributed by atoms with E-state index in [1.807, 2.05) is 21.0 Å². The highest BCUT2D eigenvalue weighted by Gasteiger charge is 2.30. The third kappa shape index (κ3) is 4.49. The van der Waals surface area contributed by atoms with Crippen LogP contribution in [-0.4, -0.2) is 31.1 Å². The van der Waals surface area contributed by atoms with Crippen LogP contribution in [0.4, 0.5) is 13.2 Å². The Morgan fingerprint density at radius 2 is 1.80 bits per heavy atom. The molecule has 114 valence electrons. The molecule has 1 N–H and O–H groups in total. The molecule has 0 aliphatic carbocycles. The fourth-order valence-electron chi connectivity index (χ4n) is 1.66. The summed E-state index contributed by atoms with van der Waals surface area (Å²) in [6.07, 6.45) is -4.29. The number of likely N-dealkylation sites (N-methyl/N-ethyl adjacent to an activating group) is 1. The first-order valence-corrected chi connectivity index (χ1v) is 6.62. The van der Waals surface area contributed by atoms with Gasteiger partial charge in [-0.25, -0.2) is 0 Å². The molecule has 0 amide bonds. The van der Waals surface area contributed by atoms with Gasteiger partial charge in [-0.3, -0.25) is 0 Å². The molecule has 1 atom stereocenters. The number of alkyl halides is 3. The molecule has 1 unspecified atom stereocenters. The van der Waals surface area contributed by atoms with Gasteiger partial charge in [-0.05, 0) is 52.6 Å². The maximum Gasteiger partial charge on any atom is 0.416 e. The molecule has 5 heteroatoms. The van der Waals surface area contributed by atoms with Crippen molar-refractivity contribution in [1.29, 1.82) is 0 Å². The third-order valence-electron chi connectivity index (χ3n) is 3.77. The molecule has 20 heavy (non-hydrogen) atoms. The van der Waals surface area contributed by atoms with Gasteiger partial charge in [-0.2, -0.15) is 13.2 Å². The van der Waals surface area contributed by atoms with Crippen LogP contribution in [-0.2, 0) is 6.18 Å². The summed E-state index contributed by atoms with van der Waals surface area (Å²) in [5.74, 6) is 0. The quantitative estimate of drug-likeness (QED) is 0.889. The summed E-state index contributed by atoms with van der Waals surface area (Å²) in [6.45, 7) is 6.73. The van der Waals surface area contributed by atoms with Crippen LogP contribution in [0.2, 0.25) is 0 Å². The minimum atomic E-state index is -4.29. The second-order valence-corrected chi connectivity index (χ2v) is 5.93. The monoisotopic (exact) mass is 288 g/mol. The maximum absolute atomic E-state index is 12.7. The van der Waals surface area contributed by atoms with Gasteiger partial charge in [-0.1, -0.05) is 12.1 Å². The lowest BCUT2D eigenvalue weighted by Gasteiger charge is -2.34. The summed E-state index contributed by atoms with van der Waals surface area (Å²) >= 11 is 0. The zero-order valence-corrected chi connectivity index (χ0v) is 12.7. The number of benzene rings is 1. The molecule has 1 aromatic carbocycles. The van der Waals surface area contributed by atoms with Crippen LogP contribution in [0, 0.1) is 0 Å². The minimum Gasteiger partial charge on any atom is -0.308 e. The van der Waals surface area contributed by atoms with Gasteiger partial charge >= 0.3 is 6.18 Å². The van der Waals surface area contributed by atoms with E-state index in [1.165, 1.54) is 12.1 Å². The lowest BCUT2D eigenvalue weighted by molar-refractivity contribution is -0.137. The first-order chi connectivity index (χ1) is 9.04. The molecule has 0 aromatic heterocycles. The van der Waals surface area contributed by atoms with E-state index in [0.29, 0.717) is 12.1 Å². The number of nitrogens with one attached hydrogen (secondary N) is 1. The van der Waals surface area contributed by atoms with Crippen molar-refractivity contribution in [1.82, 2.24) is 10.2 Å². The van der Waals surface area contributed by atoms with Crippen molar-refractivity contribution >= 4 is 0 Å². The van der Waals surface area contributed by atoms with Crippen LogP contribution in [0.25, 0.3) is 0 Å². The normalized spacial score (nSPS) is 14.7. The molecule has 0 radical (unpaired) electrons. The van der Waals surface area contributed by atoms with Crippen LogP contribution in [0.5, 0.6) is 0 Å². The summed E-state index contributed by atoms with van der Waals surface area (Å²) in [5.41, 5.74) is -0.0134. The molecule has 0 saturated heterocycles. The van der Waals surface area contributed by atoms with Crippen LogP contribution >= 0.6 is 0 Å². The van der Waals surface area contributed by atoms with Gasteiger partial charge in [0.25, 0.3) is 0 Å². The van der Waals surface area contributed by atoms with Crippen molar-refractivity contribution < 1.29 is 13.2 Å². The van der Waals surface area contributed by atoms with Crippen LogP contribution in [0.3, 0.4) is 0 Å². The van der Waals surface area contributed by atoms with E-state index in [4.69, 9.17) is 0 Å². The summed E-state index contributed by atoms with van der Waals surface area (Å²) in [7, 11) is 3.97. The topological polar surface area (TPSA) is 15.3 Å². The highest BCUT2D eigenvalue weighted by atomic mass is 19.4. The molecule has 0 spiro atoms. The molecule has 0 saturated carbocycles. The van der Waals surface area contributed by atoms with E-state index < -0.39 is 11.7 Å². The largest absolute Gasteiger partial charge is 0.416 e. The summed E-state index contributed by atoms with van der Waals surface area (Å²) < 4.78 is 38.1. The lowest BCUT2D eigenvalue weighted by Crippen LogP contribution is -2.47. The summed E-state index contributed by atoms with van der Waals surface area (Å²) in [5, 5.41) is 3.29. The van der Waals surface area contributed by atoms with Crippen molar-refractivity contribution in [2.24, 2.45) is 0 Å². The Kier molecular flexibility index (Phi) is 5.21. The third-order valence-corrected chi connectivity index (χ3v) is 3.77. The average molecular weight is 288 g/mol. The molecule has 1 rings (SSSR count). The number of nitrogens with zero attached hydrogens (tertiary/aromatic N) is 1. The molecule has 0 aliphatic rings. The lowest BCUT2D eigenvalue weighted by atomic mass is 10.0. The number of halogens is 3. The highest BCUT2D eigenvalue weighted by Crippen LogP contribution is 2.30. The Hall–Kier alpha value is -1.07. The average Bonchev–Trinajstić information content (AvgIpc) is 2.35. The minimum absolute atomic E-state index is 0.0596. The van der Waals surface area contributed by atoms with Gasteiger partial charge in [-0.15, -0.1) is 0 Å². The summed E-state index contributed by atoms with van der Waals surface area (Å²) in [6, 6.07) is 5.35. The van der Waals surface area contributed by atoms with E-state index in [1.54, 1.807) is 6.07 Å². The van der Waals surface area contributed by atoms with Crippen molar-refractivity contribution in [3.05, 3.63) is 35.4 Å². The number of hydrogen-bond acceptors (Lipinski definition) is 2. The second-order valence-electron chi connectivity index (χ2n) is 5.93. The smallest absolute Gasteiger partial charge is 0.308 e. The number of rotatable bonds is 5. The molecule has 0 fully saturated rings. The molecule has 0 bridgehead atoms. The maximum atomic E-state index is 12.7.